The number of thiazole rings is 2. The van der Waals surface area contributed by atoms with Gasteiger partial charge in [0.2, 0.25) is 11.8 Å². The van der Waals surface area contributed by atoms with Gasteiger partial charge in [0.05, 0.1) is 18.0 Å². The number of rotatable bonds is 5. The largest absolute Gasteiger partial charge is 0.342 e. The molecule has 2 saturated heterocycles. The van der Waals surface area contributed by atoms with Gasteiger partial charge in [-0.3, -0.25) is 14.5 Å². The summed E-state index contributed by atoms with van der Waals surface area (Å²) in [5.74, 6) is -0.376. The molecule has 11 heteroatoms. The number of piperidine rings is 1. The van der Waals surface area contributed by atoms with Crippen LogP contribution in [-0.4, -0.2) is 58.9 Å². The number of urea groups is 1. The SMILES string of the molecule is O=C(Nc1nccs1)C1CCCN(C(=O)Cc2csc(N3CCNC3=O)n2)C1. The Morgan fingerprint density at radius 1 is 1.32 bits per heavy atom. The van der Waals surface area contributed by atoms with Crippen molar-refractivity contribution in [3.05, 3.63) is 22.7 Å². The molecule has 0 aliphatic carbocycles. The molecule has 2 aliphatic rings. The second-order valence-electron chi connectivity index (χ2n) is 6.69. The molecule has 4 rings (SSSR count). The molecule has 9 nitrogen and oxygen atoms in total. The summed E-state index contributed by atoms with van der Waals surface area (Å²) in [4.78, 5) is 48.7. The van der Waals surface area contributed by atoms with Crippen LogP contribution in [0.15, 0.2) is 17.0 Å². The summed E-state index contributed by atoms with van der Waals surface area (Å²) < 4.78 is 0. The van der Waals surface area contributed by atoms with Crippen LogP contribution in [0.3, 0.4) is 0 Å². The molecule has 2 aromatic rings. The molecular formula is C17H20N6O3S2. The maximum Gasteiger partial charge on any atom is 0.323 e. The van der Waals surface area contributed by atoms with Crippen molar-refractivity contribution in [2.24, 2.45) is 5.92 Å². The molecular weight excluding hydrogens is 400 g/mol. The van der Waals surface area contributed by atoms with E-state index in [0.717, 1.165) is 12.8 Å². The van der Waals surface area contributed by atoms with Crippen LogP contribution in [0.1, 0.15) is 18.5 Å². The fourth-order valence-corrected chi connectivity index (χ4v) is 4.71. The lowest BCUT2D eigenvalue weighted by atomic mass is 9.97. The molecule has 2 fully saturated rings. The number of aromatic nitrogens is 2. The molecule has 0 saturated carbocycles. The lowest BCUT2D eigenvalue weighted by Gasteiger charge is -2.31. The minimum absolute atomic E-state index is 0.0468. The molecule has 0 radical (unpaired) electrons. The molecule has 1 unspecified atom stereocenters. The topological polar surface area (TPSA) is 108 Å². The van der Waals surface area contributed by atoms with E-state index in [0.29, 0.717) is 42.1 Å². The van der Waals surface area contributed by atoms with Crippen molar-refractivity contribution in [3.63, 3.8) is 0 Å². The summed E-state index contributed by atoms with van der Waals surface area (Å²) in [5.41, 5.74) is 0.652. The van der Waals surface area contributed by atoms with E-state index in [4.69, 9.17) is 0 Å². The Balaban J connectivity index is 1.33. The van der Waals surface area contributed by atoms with E-state index in [1.165, 1.54) is 22.7 Å². The number of nitrogens with one attached hydrogen (secondary N) is 2. The Hall–Kier alpha value is -2.53. The molecule has 2 aliphatic heterocycles. The molecule has 28 heavy (non-hydrogen) atoms. The smallest absolute Gasteiger partial charge is 0.323 e. The number of anilines is 2. The third kappa shape index (κ3) is 4.14. The van der Waals surface area contributed by atoms with Crippen LogP contribution in [-0.2, 0) is 16.0 Å². The lowest BCUT2D eigenvalue weighted by Crippen LogP contribution is -2.44. The second kappa shape index (κ2) is 8.23. The van der Waals surface area contributed by atoms with Gasteiger partial charge in [0, 0.05) is 43.1 Å². The first kappa shape index (κ1) is 18.8. The first-order valence-electron chi connectivity index (χ1n) is 9.08. The standard InChI is InChI=1S/C17H20N6O3S2/c24-13(8-12-10-28-17(20-12)23-6-3-19-16(23)26)22-5-1-2-11(9-22)14(25)21-15-18-4-7-27-15/h4,7,10-11H,1-3,5-6,8-9H2,(H,19,26)(H,18,21,25). The number of carbonyl (C=O) groups is 3. The van der Waals surface area contributed by atoms with Gasteiger partial charge >= 0.3 is 6.03 Å². The van der Waals surface area contributed by atoms with Gasteiger partial charge in [-0.05, 0) is 12.8 Å². The Kier molecular flexibility index (Phi) is 5.53. The monoisotopic (exact) mass is 420 g/mol. The molecule has 148 valence electrons. The van der Waals surface area contributed by atoms with Crippen molar-refractivity contribution in [3.8, 4) is 0 Å². The quantitative estimate of drug-likeness (QED) is 0.763. The normalized spacial score (nSPS) is 19.6. The zero-order chi connectivity index (χ0) is 19.5. The van der Waals surface area contributed by atoms with Crippen molar-refractivity contribution in [2.75, 3.05) is 36.4 Å². The average molecular weight is 421 g/mol. The Morgan fingerprint density at radius 3 is 2.96 bits per heavy atom. The van der Waals surface area contributed by atoms with Gasteiger partial charge in [-0.2, -0.15) is 0 Å². The molecule has 1 atom stereocenters. The highest BCUT2D eigenvalue weighted by molar-refractivity contribution is 7.14. The maximum atomic E-state index is 12.7. The fraction of sp³-hybridized carbons (Fsp3) is 0.471. The lowest BCUT2D eigenvalue weighted by molar-refractivity contribution is -0.134. The highest BCUT2D eigenvalue weighted by Crippen LogP contribution is 2.24. The van der Waals surface area contributed by atoms with Crippen LogP contribution >= 0.6 is 22.7 Å². The van der Waals surface area contributed by atoms with Crippen LogP contribution in [0.4, 0.5) is 15.1 Å². The second-order valence-corrected chi connectivity index (χ2v) is 8.42. The van der Waals surface area contributed by atoms with Crippen LogP contribution in [0.25, 0.3) is 0 Å². The minimum Gasteiger partial charge on any atom is -0.342 e. The highest BCUT2D eigenvalue weighted by Gasteiger charge is 2.29. The minimum atomic E-state index is -0.235. The van der Waals surface area contributed by atoms with Gasteiger partial charge in [0.15, 0.2) is 10.3 Å². The van der Waals surface area contributed by atoms with E-state index in [9.17, 15) is 14.4 Å². The van der Waals surface area contributed by atoms with Crippen LogP contribution < -0.4 is 15.5 Å². The summed E-state index contributed by atoms with van der Waals surface area (Å²) in [6, 6.07) is -0.155. The number of amides is 4. The van der Waals surface area contributed by atoms with Crippen LogP contribution in [0.5, 0.6) is 0 Å². The molecule has 2 N–H and O–H groups in total. The number of carbonyl (C=O) groups excluding carboxylic acids is 3. The van der Waals surface area contributed by atoms with Gasteiger partial charge in [-0.1, -0.05) is 0 Å². The van der Waals surface area contributed by atoms with Gasteiger partial charge in [0.1, 0.15) is 0 Å². The molecule has 0 bridgehead atoms. The van der Waals surface area contributed by atoms with E-state index < -0.39 is 0 Å². The van der Waals surface area contributed by atoms with Crippen molar-refractivity contribution in [1.29, 1.82) is 0 Å². The number of nitrogens with zero attached hydrogens (tertiary/aromatic N) is 4. The Labute approximate surface area is 169 Å². The maximum absolute atomic E-state index is 12.7. The van der Waals surface area contributed by atoms with E-state index in [2.05, 4.69) is 20.6 Å². The van der Waals surface area contributed by atoms with Crippen molar-refractivity contribution in [1.82, 2.24) is 20.2 Å². The first-order valence-corrected chi connectivity index (χ1v) is 10.8. The average Bonchev–Trinajstić information content (AvgIpc) is 3.44. The Morgan fingerprint density at radius 2 is 2.21 bits per heavy atom. The van der Waals surface area contributed by atoms with E-state index in [1.54, 1.807) is 21.4 Å². The summed E-state index contributed by atoms with van der Waals surface area (Å²) in [6.07, 6.45) is 3.36. The van der Waals surface area contributed by atoms with Crippen molar-refractivity contribution < 1.29 is 14.4 Å². The van der Waals surface area contributed by atoms with Crippen LogP contribution in [0, 0.1) is 5.92 Å². The summed E-state index contributed by atoms with van der Waals surface area (Å²) >= 11 is 2.73. The number of hydrogen-bond donors (Lipinski definition) is 2. The van der Waals surface area contributed by atoms with Crippen molar-refractivity contribution >= 4 is 50.8 Å². The van der Waals surface area contributed by atoms with Crippen LogP contribution in [0.2, 0.25) is 0 Å². The predicted molar refractivity (Wildman–Crippen MR) is 107 cm³/mol. The number of likely N-dealkylation sites (tertiary alicyclic amines) is 1. The highest BCUT2D eigenvalue weighted by atomic mass is 32.1. The molecule has 2 aromatic heterocycles. The third-order valence-corrected chi connectivity index (χ3v) is 6.37. The van der Waals surface area contributed by atoms with Gasteiger partial charge in [0.25, 0.3) is 0 Å². The summed E-state index contributed by atoms with van der Waals surface area (Å²) in [7, 11) is 0. The van der Waals surface area contributed by atoms with E-state index in [1.807, 2.05) is 5.38 Å². The molecule has 0 aromatic carbocycles. The molecule has 0 spiro atoms. The van der Waals surface area contributed by atoms with Gasteiger partial charge < -0.3 is 15.5 Å². The number of hydrogen-bond acceptors (Lipinski definition) is 7. The van der Waals surface area contributed by atoms with E-state index >= 15 is 0 Å². The zero-order valence-electron chi connectivity index (χ0n) is 15.1. The van der Waals surface area contributed by atoms with Crippen molar-refractivity contribution in [2.45, 2.75) is 19.3 Å². The molecule has 4 amide bonds. The molecule has 4 heterocycles. The predicted octanol–water partition coefficient (Wildman–Crippen LogP) is 1.55. The summed E-state index contributed by atoms with van der Waals surface area (Å²) in [6.45, 7) is 2.24. The van der Waals surface area contributed by atoms with Gasteiger partial charge in [-0.15, -0.1) is 22.7 Å². The Bertz CT molecular complexity index is 868. The summed E-state index contributed by atoms with van der Waals surface area (Å²) in [5, 5.41) is 10.4. The van der Waals surface area contributed by atoms with E-state index in [-0.39, 0.29) is 30.2 Å². The third-order valence-electron chi connectivity index (χ3n) is 4.77. The zero-order valence-corrected chi connectivity index (χ0v) is 16.7. The fourth-order valence-electron chi connectivity index (χ4n) is 3.33. The van der Waals surface area contributed by atoms with Gasteiger partial charge in [-0.25, -0.2) is 14.8 Å². The first-order chi connectivity index (χ1) is 13.6.